The molecule has 112 valence electrons. The van der Waals surface area contributed by atoms with Crippen LogP contribution in [0, 0.1) is 0 Å². The van der Waals surface area contributed by atoms with E-state index in [9.17, 15) is 4.79 Å². The minimum atomic E-state index is 0.165. The summed E-state index contributed by atoms with van der Waals surface area (Å²) in [6, 6.07) is 4.63. The van der Waals surface area contributed by atoms with Crippen LogP contribution in [-0.2, 0) is 0 Å². The first-order chi connectivity index (χ1) is 10.3. The fourth-order valence-corrected chi connectivity index (χ4v) is 4.42. The lowest BCUT2D eigenvalue weighted by atomic mass is 10.1. The van der Waals surface area contributed by atoms with E-state index in [1.165, 1.54) is 32.4 Å². The van der Waals surface area contributed by atoms with E-state index in [1.807, 2.05) is 11.0 Å². The monoisotopic (exact) mass is 303 g/mol. The number of amides is 1. The van der Waals surface area contributed by atoms with Crippen LogP contribution in [-0.4, -0.2) is 52.9 Å². The number of hydrogen-bond acceptors (Lipinski definition) is 3. The van der Waals surface area contributed by atoms with E-state index >= 15 is 0 Å². The van der Waals surface area contributed by atoms with Crippen LogP contribution < -0.4 is 0 Å². The van der Waals surface area contributed by atoms with E-state index in [0.29, 0.717) is 6.04 Å². The fourth-order valence-electron chi connectivity index (χ4n) is 3.64. The Hall–Kier alpha value is -1.33. The van der Waals surface area contributed by atoms with Crippen molar-refractivity contribution in [3.8, 4) is 0 Å². The molecule has 2 aromatic heterocycles. The van der Waals surface area contributed by atoms with Crippen molar-refractivity contribution in [3.05, 3.63) is 23.2 Å². The molecule has 0 bridgehead atoms. The van der Waals surface area contributed by atoms with Gasteiger partial charge in [-0.25, -0.2) is 0 Å². The van der Waals surface area contributed by atoms with Crippen LogP contribution >= 0.6 is 11.3 Å². The lowest BCUT2D eigenvalue weighted by Gasteiger charge is -2.32. The van der Waals surface area contributed by atoms with Crippen molar-refractivity contribution in [2.45, 2.75) is 31.7 Å². The quantitative estimate of drug-likeness (QED) is 0.926. The molecule has 0 saturated carbocycles. The Balaban J connectivity index is 1.44. The number of nitrogens with one attached hydrogen (secondary N) is 1. The van der Waals surface area contributed by atoms with Crippen LogP contribution in [0.4, 0.5) is 0 Å². The van der Waals surface area contributed by atoms with E-state index < -0.39 is 0 Å². The number of piperidine rings is 1. The number of likely N-dealkylation sites (tertiary alicyclic amines) is 2. The van der Waals surface area contributed by atoms with Gasteiger partial charge in [0.05, 0.1) is 0 Å². The highest BCUT2D eigenvalue weighted by Gasteiger charge is 2.31. The van der Waals surface area contributed by atoms with E-state index in [1.54, 1.807) is 11.3 Å². The predicted octanol–water partition coefficient (Wildman–Crippen LogP) is 2.93. The maximum absolute atomic E-state index is 12.6. The topological polar surface area (TPSA) is 39.3 Å². The molecule has 4 rings (SSSR count). The summed E-state index contributed by atoms with van der Waals surface area (Å²) >= 11 is 1.66. The average Bonchev–Trinajstić information content (AvgIpc) is 3.22. The second kappa shape index (κ2) is 5.46. The minimum absolute atomic E-state index is 0.165. The zero-order valence-electron chi connectivity index (χ0n) is 12.2. The number of nitrogens with zero attached hydrogens (tertiary/aromatic N) is 2. The molecule has 0 radical (unpaired) electrons. The molecule has 2 saturated heterocycles. The molecule has 1 unspecified atom stereocenters. The molecule has 4 heterocycles. The van der Waals surface area contributed by atoms with E-state index in [4.69, 9.17) is 0 Å². The predicted molar refractivity (Wildman–Crippen MR) is 85.9 cm³/mol. The molecule has 2 fully saturated rings. The zero-order valence-corrected chi connectivity index (χ0v) is 13.0. The number of thiophene rings is 1. The number of aromatic amines is 1. The van der Waals surface area contributed by atoms with Crippen molar-refractivity contribution in [1.82, 2.24) is 14.8 Å². The van der Waals surface area contributed by atoms with Gasteiger partial charge in [-0.15, -0.1) is 11.3 Å². The van der Waals surface area contributed by atoms with E-state index in [2.05, 4.69) is 21.3 Å². The van der Waals surface area contributed by atoms with Gasteiger partial charge < -0.3 is 9.88 Å². The number of hydrogen-bond donors (Lipinski definition) is 1. The second-order valence-corrected chi connectivity index (χ2v) is 7.09. The highest BCUT2D eigenvalue weighted by Crippen LogP contribution is 2.24. The van der Waals surface area contributed by atoms with Crippen molar-refractivity contribution in [3.63, 3.8) is 0 Å². The summed E-state index contributed by atoms with van der Waals surface area (Å²) in [5.41, 5.74) is 0.746. The van der Waals surface area contributed by atoms with Gasteiger partial charge in [0.25, 0.3) is 5.91 Å². The molecule has 2 aliphatic rings. The molecule has 1 amide bonds. The standard InChI is InChI=1S/C16H21N3OS/c20-16(14-10-12-5-9-21-15(12)17-14)19-8-4-13(11-19)18-6-2-1-3-7-18/h5,9-10,13,17H,1-4,6-8,11H2. The van der Waals surface area contributed by atoms with Gasteiger partial charge >= 0.3 is 0 Å². The van der Waals surface area contributed by atoms with Gasteiger partial charge in [0.15, 0.2) is 0 Å². The molecular weight excluding hydrogens is 282 g/mol. The summed E-state index contributed by atoms with van der Waals surface area (Å²) in [7, 11) is 0. The molecular formula is C16H21N3OS. The number of fused-ring (bicyclic) bond motifs is 1. The first kappa shape index (κ1) is 13.3. The van der Waals surface area contributed by atoms with Gasteiger partial charge in [-0.1, -0.05) is 6.42 Å². The zero-order chi connectivity index (χ0) is 14.2. The number of H-pyrrole nitrogens is 1. The van der Waals surface area contributed by atoms with E-state index in [0.717, 1.165) is 35.4 Å². The van der Waals surface area contributed by atoms with Crippen molar-refractivity contribution in [1.29, 1.82) is 0 Å². The lowest BCUT2D eigenvalue weighted by Crippen LogP contribution is -2.41. The van der Waals surface area contributed by atoms with Crippen molar-refractivity contribution < 1.29 is 4.79 Å². The summed E-state index contributed by atoms with van der Waals surface area (Å²) < 4.78 is 0. The Morgan fingerprint density at radius 3 is 2.90 bits per heavy atom. The highest BCUT2D eigenvalue weighted by molar-refractivity contribution is 7.16. The Labute approximate surface area is 128 Å². The van der Waals surface area contributed by atoms with Gasteiger partial charge in [0.1, 0.15) is 10.5 Å². The Morgan fingerprint density at radius 1 is 1.24 bits per heavy atom. The van der Waals surface area contributed by atoms with Crippen molar-refractivity contribution >= 4 is 27.5 Å². The third-order valence-electron chi connectivity index (χ3n) is 4.83. The molecule has 0 spiro atoms. The largest absolute Gasteiger partial charge is 0.342 e. The summed E-state index contributed by atoms with van der Waals surface area (Å²) in [6.07, 6.45) is 5.13. The third kappa shape index (κ3) is 2.49. The molecule has 5 heteroatoms. The molecule has 0 aliphatic carbocycles. The van der Waals surface area contributed by atoms with Gasteiger partial charge in [0.2, 0.25) is 0 Å². The number of carbonyl (C=O) groups excluding carboxylic acids is 1. The van der Waals surface area contributed by atoms with Gasteiger partial charge in [-0.2, -0.15) is 0 Å². The summed E-state index contributed by atoms with van der Waals surface area (Å²) in [5, 5.41) is 3.20. The van der Waals surface area contributed by atoms with Crippen LogP contribution in [0.1, 0.15) is 36.2 Å². The molecule has 1 atom stereocenters. The molecule has 1 N–H and O–H groups in total. The molecule has 21 heavy (non-hydrogen) atoms. The number of aromatic nitrogens is 1. The minimum Gasteiger partial charge on any atom is -0.342 e. The fraction of sp³-hybridized carbons (Fsp3) is 0.562. The summed E-state index contributed by atoms with van der Waals surface area (Å²) in [6.45, 7) is 4.22. The number of rotatable bonds is 2. The van der Waals surface area contributed by atoms with E-state index in [-0.39, 0.29) is 5.91 Å². The first-order valence-corrected chi connectivity index (χ1v) is 8.79. The molecule has 4 nitrogen and oxygen atoms in total. The summed E-state index contributed by atoms with van der Waals surface area (Å²) in [4.78, 5) is 21.6. The lowest BCUT2D eigenvalue weighted by molar-refractivity contribution is 0.0767. The van der Waals surface area contributed by atoms with Crippen LogP contribution in [0.15, 0.2) is 17.5 Å². The Morgan fingerprint density at radius 2 is 2.10 bits per heavy atom. The van der Waals surface area contributed by atoms with Crippen LogP contribution in [0.25, 0.3) is 10.2 Å². The molecule has 2 aromatic rings. The molecule has 2 aliphatic heterocycles. The number of carbonyl (C=O) groups is 1. The maximum atomic E-state index is 12.6. The summed E-state index contributed by atoms with van der Waals surface area (Å²) in [5.74, 6) is 0.165. The highest BCUT2D eigenvalue weighted by atomic mass is 32.1. The third-order valence-corrected chi connectivity index (χ3v) is 5.68. The normalized spacial score (nSPS) is 24.0. The molecule has 0 aromatic carbocycles. The van der Waals surface area contributed by atoms with Crippen LogP contribution in [0.3, 0.4) is 0 Å². The van der Waals surface area contributed by atoms with Gasteiger partial charge in [-0.05, 0) is 49.9 Å². The van der Waals surface area contributed by atoms with Crippen LogP contribution in [0.5, 0.6) is 0 Å². The average molecular weight is 303 g/mol. The van der Waals surface area contributed by atoms with Gasteiger partial charge in [0, 0.05) is 24.5 Å². The Kier molecular flexibility index (Phi) is 3.47. The maximum Gasteiger partial charge on any atom is 0.270 e. The Bertz CT molecular complexity index is 612. The van der Waals surface area contributed by atoms with Crippen molar-refractivity contribution in [2.24, 2.45) is 0 Å². The first-order valence-electron chi connectivity index (χ1n) is 7.91. The van der Waals surface area contributed by atoms with Gasteiger partial charge in [-0.3, -0.25) is 9.69 Å². The second-order valence-electron chi connectivity index (χ2n) is 6.18. The van der Waals surface area contributed by atoms with Crippen LogP contribution in [0.2, 0.25) is 0 Å². The smallest absolute Gasteiger partial charge is 0.270 e. The SMILES string of the molecule is O=C(c1cc2ccsc2[nH]1)N1CCC(N2CCCCC2)C1. The van der Waals surface area contributed by atoms with Crippen molar-refractivity contribution in [2.75, 3.05) is 26.2 Å².